The van der Waals surface area contributed by atoms with Gasteiger partial charge in [0.25, 0.3) is 0 Å². The third kappa shape index (κ3) is 5.35. The summed E-state index contributed by atoms with van der Waals surface area (Å²) in [5.41, 5.74) is -1.93. The van der Waals surface area contributed by atoms with Crippen molar-refractivity contribution in [1.82, 2.24) is 25.1 Å². The van der Waals surface area contributed by atoms with Crippen LogP contribution in [0.5, 0.6) is 6.01 Å². The molecule has 0 radical (unpaired) electrons. The lowest BCUT2D eigenvalue weighted by Crippen LogP contribution is -2.63. The predicted octanol–water partition coefficient (Wildman–Crippen LogP) is 4.62. The number of nitrogens with zero attached hydrogens (tertiary/aromatic N) is 4. The van der Waals surface area contributed by atoms with Gasteiger partial charge < -0.3 is 19.7 Å². The summed E-state index contributed by atoms with van der Waals surface area (Å²) >= 11 is 9.90. The van der Waals surface area contributed by atoms with Crippen LogP contribution in [-0.4, -0.2) is 76.3 Å². The first kappa shape index (κ1) is 26.3. The van der Waals surface area contributed by atoms with E-state index < -0.39 is 28.6 Å². The molecule has 1 aromatic heterocycles. The second kappa shape index (κ2) is 9.95. The Morgan fingerprint density at radius 1 is 1.37 bits per heavy atom. The van der Waals surface area contributed by atoms with Crippen molar-refractivity contribution in [3.63, 3.8) is 0 Å². The second-order valence-electron chi connectivity index (χ2n) is 10.4. The summed E-state index contributed by atoms with van der Waals surface area (Å²) in [6.07, 6.45) is 1.54. The molecule has 1 amide bonds. The number of rotatable bonds is 4. The van der Waals surface area contributed by atoms with Gasteiger partial charge in [-0.25, -0.2) is 9.18 Å². The summed E-state index contributed by atoms with van der Waals surface area (Å²) in [4.78, 5) is 26.2. The molecule has 8 nitrogen and oxygen atoms in total. The Balaban J connectivity index is 1.81. The maximum absolute atomic E-state index is 15.3. The summed E-state index contributed by atoms with van der Waals surface area (Å²) < 4.78 is 27.2. The van der Waals surface area contributed by atoms with Crippen molar-refractivity contribution in [3.05, 3.63) is 28.1 Å². The van der Waals surface area contributed by atoms with Gasteiger partial charge in [-0.2, -0.15) is 9.97 Å². The number of carbonyl (C=O) groups excluding carboxylic acids is 1. The molecule has 3 atom stereocenters. The van der Waals surface area contributed by atoms with E-state index >= 15 is 4.39 Å². The van der Waals surface area contributed by atoms with Crippen molar-refractivity contribution >= 4 is 44.5 Å². The molecule has 1 N–H and O–H groups in total. The monoisotopic (exact) mass is 571 g/mol. The maximum Gasteiger partial charge on any atom is 0.412 e. The molecule has 4 rings (SSSR count). The molecular weight excluding hydrogens is 541 g/mol. The Bertz CT molecular complexity index is 1120. The fourth-order valence-corrected chi connectivity index (χ4v) is 5.42. The highest BCUT2D eigenvalue weighted by Crippen LogP contribution is 2.39. The predicted molar refractivity (Wildman–Crippen MR) is 136 cm³/mol. The Morgan fingerprint density at radius 2 is 2.11 bits per heavy atom. The van der Waals surface area contributed by atoms with Gasteiger partial charge in [0, 0.05) is 24.5 Å². The fraction of sp³-hybridized carbons (Fsp3) is 0.625. The molecule has 3 heterocycles. The topological polar surface area (TPSA) is 79.8 Å². The molecule has 0 aliphatic carbocycles. The summed E-state index contributed by atoms with van der Waals surface area (Å²) in [6, 6.07) is 3.64. The number of carbonyl (C=O) groups is 1. The van der Waals surface area contributed by atoms with Gasteiger partial charge in [0.2, 0.25) is 0 Å². The van der Waals surface area contributed by atoms with Crippen LogP contribution in [0.4, 0.5) is 9.18 Å². The molecule has 0 saturated carbocycles. The molecule has 0 bridgehead atoms. The third-order valence-electron chi connectivity index (χ3n) is 6.51. The van der Waals surface area contributed by atoms with Gasteiger partial charge in [-0.05, 0) is 82.2 Å². The summed E-state index contributed by atoms with van der Waals surface area (Å²) in [5.74, 6) is -0.521. The molecule has 11 heteroatoms. The number of hydrogen-bond donors (Lipinski definition) is 1. The van der Waals surface area contributed by atoms with Crippen molar-refractivity contribution in [2.24, 2.45) is 0 Å². The van der Waals surface area contributed by atoms with Crippen LogP contribution in [0.25, 0.3) is 10.9 Å². The van der Waals surface area contributed by atoms with Gasteiger partial charge >= 0.3 is 12.1 Å². The van der Waals surface area contributed by atoms with Crippen LogP contribution in [0.2, 0.25) is 0 Å². The number of fused-ring (bicyclic) bond motifs is 1. The lowest BCUT2D eigenvalue weighted by Gasteiger charge is -2.47. The molecule has 2 aliphatic heterocycles. The highest BCUT2D eigenvalue weighted by atomic mass is 79.9. The van der Waals surface area contributed by atoms with Crippen molar-refractivity contribution in [3.8, 4) is 6.01 Å². The third-order valence-corrected chi connectivity index (χ3v) is 7.47. The molecule has 35 heavy (non-hydrogen) atoms. The van der Waals surface area contributed by atoms with Gasteiger partial charge in [0.05, 0.1) is 10.2 Å². The molecule has 2 unspecified atom stereocenters. The highest BCUT2D eigenvalue weighted by molar-refractivity contribution is 9.10. The largest absolute Gasteiger partial charge is 0.462 e. The number of piperazine rings is 1. The molecule has 2 aromatic rings. The standard InChI is InChI=1S/C24H32BrClFN5O3/c1-23(2,3)35-22(33)32-17(26)11-28-13-24(32,4)20-15-8-9-16(25)18(27)19(15)29-21(30-20)34-12-14-7-6-10-31(14)5/h8-9,14,17,28H,6-7,10-13H2,1-5H3/t14-,17?,24?/m0/s1. The van der Waals surface area contributed by atoms with E-state index in [2.05, 4.69) is 38.2 Å². The van der Waals surface area contributed by atoms with Crippen molar-refractivity contribution in [1.29, 1.82) is 0 Å². The number of alkyl halides is 1. The van der Waals surface area contributed by atoms with Crippen LogP contribution in [0, 0.1) is 5.82 Å². The van der Waals surface area contributed by atoms with E-state index in [0.29, 0.717) is 30.8 Å². The normalized spacial score (nSPS) is 25.8. The second-order valence-corrected chi connectivity index (χ2v) is 11.7. The Labute approximate surface area is 218 Å². The zero-order chi connectivity index (χ0) is 25.5. The average molecular weight is 573 g/mol. The first-order chi connectivity index (χ1) is 16.4. The number of ether oxygens (including phenoxy) is 2. The Kier molecular flexibility index (Phi) is 7.48. The minimum atomic E-state index is -1.06. The van der Waals surface area contributed by atoms with Crippen LogP contribution < -0.4 is 10.1 Å². The van der Waals surface area contributed by atoms with E-state index in [4.69, 9.17) is 26.1 Å². The lowest BCUT2D eigenvalue weighted by molar-refractivity contribution is -0.0153. The number of benzene rings is 1. The first-order valence-electron chi connectivity index (χ1n) is 11.8. The van der Waals surface area contributed by atoms with Crippen LogP contribution in [0.3, 0.4) is 0 Å². The Morgan fingerprint density at radius 3 is 2.77 bits per heavy atom. The Hall–Kier alpha value is -1.75. The number of hydrogen-bond acceptors (Lipinski definition) is 7. The van der Waals surface area contributed by atoms with E-state index in [0.717, 1.165) is 19.4 Å². The number of amides is 1. The lowest BCUT2D eigenvalue weighted by atomic mass is 9.90. The van der Waals surface area contributed by atoms with Gasteiger partial charge in [-0.3, -0.25) is 4.90 Å². The SMILES string of the molecule is CN1CCC[C@H]1COc1nc(C2(C)CNCC(Cl)N2C(=O)OC(C)(C)C)c2ccc(Br)c(F)c2n1. The quantitative estimate of drug-likeness (QED) is 0.423. The number of halogens is 3. The summed E-state index contributed by atoms with van der Waals surface area (Å²) in [7, 11) is 2.05. The van der Waals surface area contributed by atoms with Crippen LogP contribution in [0.1, 0.15) is 46.2 Å². The van der Waals surface area contributed by atoms with E-state index in [-0.39, 0.29) is 22.0 Å². The van der Waals surface area contributed by atoms with E-state index in [1.807, 2.05) is 6.92 Å². The molecule has 2 fully saturated rings. The smallest absolute Gasteiger partial charge is 0.412 e. The fourth-order valence-electron chi connectivity index (χ4n) is 4.70. The van der Waals surface area contributed by atoms with Gasteiger partial charge in [-0.15, -0.1) is 0 Å². The van der Waals surface area contributed by atoms with Gasteiger partial charge in [0.15, 0.2) is 5.82 Å². The van der Waals surface area contributed by atoms with Gasteiger partial charge in [0.1, 0.15) is 28.8 Å². The van der Waals surface area contributed by atoms with Crippen molar-refractivity contribution in [2.75, 3.05) is 33.3 Å². The number of likely N-dealkylation sites (N-methyl/N-ethyl adjacent to an activating group) is 1. The molecule has 2 saturated heterocycles. The van der Waals surface area contributed by atoms with Crippen molar-refractivity contribution in [2.45, 2.75) is 63.2 Å². The van der Waals surface area contributed by atoms with E-state index in [9.17, 15) is 4.79 Å². The minimum Gasteiger partial charge on any atom is -0.462 e. The van der Waals surface area contributed by atoms with Crippen molar-refractivity contribution < 1.29 is 18.7 Å². The van der Waals surface area contributed by atoms with Crippen LogP contribution in [0.15, 0.2) is 16.6 Å². The van der Waals surface area contributed by atoms with E-state index in [1.54, 1.807) is 32.9 Å². The first-order valence-corrected chi connectivity index (χ1v) is 13.0. The zero-order valence-electron chi connectivity index (χ0n) is 20.7. The molecular formula is C24H32BrClFN5O3. The molecule has 2 aliphatic rings. The van der Waals surface area contributed by atoms with E-state index in [1.165, 1.54) is 4.90 Å². The highest BCUT2D eigenvalue weighted by Gasteiger charge is 2.47. The molecule has 1 aromatic carbocycles. The summed E-state index contributed by atoms with van der Waals surface area (Å²) in [5, 5.41) is 3.74. The minimum absolute atomic E-state index is 0.0619. The molecule has 192 valence electrons. The average Bonchev–Trinajstić information content (AvgIpc) is 3.18. The van der Waals surface area contributed by atoms with Crippen LogP contribution in [-0.2, 0) is 10.3 Å². The summed E-state index contributed by atoms with van der Waals surface area (Å²) in [6.45, 7) is 9.34. The van der Waals surface area contributed by atoms with Gasteiger partial charge in [-0.1, -0.05) is 11.6 Å². The zero-order valence-corrected chi connectivity index (χ0v) is 23.0. The molecule has 0 spiro atoms. The maximum atomic E-state index is 15.3. The number of nitrogens with one attached hydrogen (secondary N) is 1. The van der Waals surface area contributed by atoms with Crippen LogP contribution >= 0.6 is 27.5 Å². The number of aromatic nitrogens is 2. The number of likely N-dealkylation sites (tertiary alicyclic amines) is 1.